The fourth-order valence-corrected chi connectivity index (χ4v) is 1.74. The second-order valence-electron chi connectivity index (χ2n) is 5.96. The normalized spacial score (nSPS) is 13.2. The van der Waals surface area contributed by atoms with Gasteiger partial charge in [0.05, 0.1) is 5.02 Å². The lowest BCUT2D eigenvalue weighted by atomic mass is 10.0. The van der Waals surface area contributed by atoms with Crippen molar-refractivity contribution in [1.29, 1.82) is 0 Å². The van der Waals surface area contributed by atoms with Crippen LogP contribution in [0.15, 0.2) is 12.3 Å². The second-order valence-corrected chi connectivity index (χ2v) is 6.40. The molecule has 1 atom stereocenters. The molecule has 1 aromatic heterocycles. The van der Waals surface area contributed by atoms with Crippen LogP contribution in [0.4, 0.5) is 0 Å². The first-order valence-electron chi connectivity index (χ1n) is 6.48. The number of aromatic amines is 1. The van der Waals surface area contributed by atoms with Gasteiger partial charge in [0.1, 0.15) is 17.3 Å². The Bertz CT molecular complexity index is 489. The SMILES string of the molecule is CC(C)[C@@H](NC(=O)c1cc(Cl)c[nH]1)C(=O)OC(C)(C)C. The molecule has 1 aromatic rings. The number of amides is 1. The summed E-state index contributed by atoms with van der Waals surface area (Å²) in [5, 5.41) is 3.10. The van der Waals surface area contributed by atoms with Crippen LogP contribution >= 0.6 is 11.6 Å². The van der Waals surface area contributed by atoms with E-state index in [1.807, 2.05) is 13.8 Å². The minimum Gasteiger partial charge on any atom is -0.458 e. The van der Waals surface area contributed by atoms with Crippen LogP contribution in [0.3, 0.4) is 0 Å². The smallest absolute Gasteiger partial charge is 0.329 e. The lowest BCUT2D eigenvalue weighted by molar-refractivity contribution is -0.158. The van der Waals surface area contributed by atoms with E-state index < -0.39 is 17.6 Å². The fraction of sp³-hybridized carbons (Fsp3) is 0.571. The number of aromatic nitrogens is 1. The van der Waals surface area contributed by atoms with Crippen molar-refractivity contribution < 1.29 is 14.3 Å². The number of hydrogen-bond acceptors (Lipinski definition) is 3. The molecule has 5 nitrogen and oxygen atoms in total. The van der Waals surface area contributed by atoms with E-state index in [9.17, 15) is 9.59 Å². The molecule has 0 aromatic carbocycles. The number of ether oxygens (including phenoxy) is 1. The van der Waals surface area contributed by atoms with Gasteiger partial charge in [0, 0.05) is 6.20 Å². The van der Waals surface area contributed by atoms with Gasteiger partial charge in [0.15, 0.2) is 0 Å². The van der Waals surface area contributed by atoms with Gasteiger partial charge in [-0.2, -0.15) is 0 Å². The molecule has 0 spiro atoms. The molecule has 1 heterocycles. The van der Waals surface area contributed by atoms with Gasteiger partial charge in [-0.15, -0.1) is 0 Å². The molecule has 2 N–H and O–H groups in total. The minimum atomic E-state index is -0.705. The zero-order valence-corrected chi connectivity index (χ0v) is 13.2. The Morgan fingerprint density at radius 2 is 1.95 bits per heavy atom. The van der Waals surface area contributed by atoms with Crippen LogP contribution in [-0.4, -0.2) is 28.5 Å². The summed E-state index contributed by atoms with van der Waals surface area (Å²) in [5.41, 5.74) is -0.283. The average molecular weight is 301 g/mol. The number of nitrogens with one attached hydrogen (secondary N) is 2. The van der Waals surface area contributed by atoms with E-state index in [0.29, 0.717) is 10.7 Å². The summed E-state index contributed by atoms with van der Waals surface area (Å²) in [7, 11) is 0. The number of hydrogen-bond donors (Lipinski definition) is 2. The van der Waals surface area contributed by atoms with Crippen LogP contribution < -0.4 is 5.32 Å². The topological polar surface area (TPSA) is 71.2 Å². The summed E-state index contributed by atoms with van der Waals surface area (Å²) < 4.78 is 5.31. The molecule has 0 unspecified atom stereocenters. The minimum absolute atomic E-state index is 0.0840. The molecule has 20 heavy (non-hydrogen) atoms. The van der Waals surface area contributed by atoms with Crippen molar-refractivity contribution in [2.24, 2.45) is 5.92 Å². The third-order valence-corrected chi connectivity index (χ3v) is 2.72. The summed E-state index contributed by atoms with van der Waals surface area (Å²) in [5.74, 6) is -0.917. The van der Waals surface area contributed by atoms with Crippen molar-refractivity contribution >= 4 is 23.5 Å². The number of halogens is 1. The Kier molecular flexibility index (Phi) is 5.22. The van der Waals surface area contributed by atoms with Gasteiger partial charge in [0.25, 0.3) is 5.91 Å². The number of carbonyl (C=O) groups is 2. The largest absolute Gasteiger partial charge is 0.458 e. The highest BCUT2D eigenvalue weighted by Crippen LogP contribution is 2.14. The molecule has 0 saturated carbocycles. The summed E-state index contributed by atoms with van der Waals surface area (Å²) in [6, 6.07) is 0.799. The van der Waals surface area contributed by atoms with E-state index in [1.54, 1.807) is 20.8 Å². The highest BCUT2D eigenvalue weighted by atomic mass is 35.5. The zero-order valence-electron chi connectivity index (χ0n) is 12.4. The molecule has 0 aliphatic heterocycles. The van der Waals surface area contributed by atoms with Crippen molar-refractivity contribution in [3.05, 3.63) is 23.0 Å². The Hall–Kier alpha value is -1.49. The second kappa shape index (κ2) is 6.31. The molecule has 0 fully saturated rings. The summed E-state index contributed by atoms with van der Waals surface area (Å²) >= 11 is 5.75. The van der Waals surface area contributed by atoms with Crippen molar-refractivity contribution in [3.63, 3.8) is 0 Å². The van der Waals surface area contributed by atoms with Gasteiger partial charge in [-0.25, -0.2) is 4.79 Å². The molecule has 112 valence electrons. The van der Waals surface area contributed by atoms with Gasteiger partial charge in [0.2, 0.25) is 0 Å². The molecule has 1 rings (SSSR count). The lowest BCUT2D eigenvalue weighted by Crippen LogP contribution is -2.47. The van der Waals surface area contributed by atoms with E-state index in [4.69, 9.17) is 16.3 Å². The fourth-order valence-electron chi connectivity index (χ4n) is 1.58. The Balaban J connectivity index is 2.77. The van der Waals surface area contributed by atoms with Crippen molar-refractivity contribution in [1.82, 2.24) is 10.3 Å². The van der Waals surface area contributed by atoms with Crippen molar-refractivity contribution in [2.45, 2.75) is 46.3 Å². The van der Waals surface area contributed by atoms with Gasteiger partial charge in [-0.05, 0) is 32.8 Å². The zero-order chi connectivity index (χ0) is 15.5. The van der Waals surface area contributed by atoms with E-state index in [-0.39, 0.29) is 11.8 Å². The van der Waals surface area contributed by atoms with E-state index in [0.717, 1.165) is 0 Å². The van der Waals surface area contributed by atoms with Crippen molar-refractivity contribution in [3.8, 4) is 0 Å². The van der Waals surface area contributed by atoms with Crippen LogP contribution in [0.5, 0.6) is 0 Å². The quantitative estimate of drug-likeness (QED) is 0.840. The number of esters is 1. The van der Waals surface area contributed by atoms with Gasteiger partial charge >= 0.3 is 5.97 Å². The summed E-state index contributed by atoms with van der Waals surface area (Å²) in [4.78, 5) is 26.9. The monoisotopic (exact) mass is 300 g/mol. The maximum absolute atomic E-state index is 12.1. The predicted molar refractivity (Wildman–Crippen MR) is 77.7 cm³/mol. The third-order valence-electron chi connectivity index (χ3n) is 2.51. The first-order chi connectivity index (χ1) is 9.10. The summed E-state index contributed by atoms with van der Waals surface area (Å²) in [6.07, 6.45) is 1.51. The first-order valence-corrected chi connectivity index (χ1v) is 6.85. The van der Waals surface area contributed by atoms with Crippen LogP contribution in [0.25, 0.3) is 0 Å². The summed E-state index contributed by atoms with van der Waals surface area (Å²) in [6.45, 7) is 9.05. The molecular formula is C14H21ClN2O3. The Morgan fingerprint density at radius 1 is 1.35 bits per heavy atom. The molecule has 0 bridgehead atoms. The maximum atomic E-state index is 12.1. The van der Waals surface area contributed by atoms with Gasteiger partial charge < -0.3 is 15.0 Å². The highest BCUT2D eigenvalue weighted by Gasteiger charge is 2.29. The maximum Gasteiger partial charge on any atom is 0.329 e. The number of H-pyrrole nitrogens is 1. The van der Waals surface area contributed by atoms with E-state index in [2.05, 4.69) is 10.3 Å². The van der Waals surface area contributed by atoms with Gasteiger partial charge in [-0.3, -0.25) is 4.79 Å². The highest BCUT2D eigenvalue weighted by molar-refractivity contribution is 6.31. The van der Waals surface area contributed by atoms with Crippen LogP contribution in [-0.2, 0) is 9.53 Å². The molecular weight excluding hydrogens is 280 g/mol. The van der Waals surface area contributed by atoms with E-state index >= 15 is 0 Å². The van der Waals surface area contributed by atoms with Gasteiger partial charge in [-0.1, -0.05) is 25.4 Å². The third kappa shape index (κ3) is 4.89. The van der Waals surface area contributed by atoms with Crippen LogP contribution in [0.1, 0.15) is 45.1 Å². The van der Waals surface area contributed by atoms with Crippen molar-refractivity contribution in [2.75, 3.05) is 0 Å². The number of rotatable bonds is 4. The van der Waals surface area contributed by atoms with Crippen LogP contribution in [0.2, 0.25) is 5.02 Å². The standard InChI is InChI=1S/C14H21ClN2O3/c1-8(2)11(13(19)20-14(3,4)5)17-12(18)10-6-9(15)7-16-10/h6-8,11,16H,1-5H3,(H,17,18)/t11-/m1/s1. The average Bonchev–Trinajstić information content (AvgIpc) is 2.69. The number of carbonyl (C=O) groups excluding carboxylic acids is 2. The molecule has 6 heteroatoms. The Labute approximate surface area is 124 Å². The molecule has 1 amide bonds. The molecule has 0 aliphatic rings. The molecule has 0 aliphatic carbocycles. The van der Waals surface area contributed by atoms with Crippen LogP contribution in [0, 0.1) is 5.92 Å². The lowest BCUT2D eigenvalue weighted by Gasteiger charge is -2.26. The Morgan fingerprint density at radius 3 is 2.35 bits per heavy atom. The predicted octanol–water partition coefficient (Wildman–Crippen LogP) is 2.76. The molecule has 0 saturated heterocycles. The van der Waals surface area contributed by atoms with E-state index in [1.165, 1.54) is 12.3 Å². The first kappa shape index (κ1) is 16.6. The molecule has 0 radical (unpaired) electrons.